The number of alkyl halides is 7. The molecule has 246 valence electrons. The molecule has 0 aromatic heterocycles. The van der Waals surface area contributed by atoms with Crippen molar-refractivity contribution >= 4 is 33.4 Å². The normalized spacial score (nSPS) is 27.4. The molecular formula is C29H28F8N2O4S2. The van der Waals surface area contributed by atoms with E-state index < -0.39 is 66.7 Å². The standard InChI is InChI=1S/C29H28F8N2O4S2/c1-44-26(14-12-23(40)39-26)24(41)38-22-11-13-25(45(42,43)19-8-6-18(30)7-9-19)20-10-5-17(15-16(20)3-2-4-21(22)25)27(31,28(32,33)34)29(35,36)37/h5-10,15,21-22H,2-4,11-14H2,1H3,(H,38,41)(H,39,40)/t21-,22+,25+,26?/m0/s1. The van der Waals surface area contributed by atoms with E-state index in [-0.39, 0.29) is 66.9 Å². The van der Waals surface area contributed by atoms with Gasteiger partial charge < -0.3 is 10.6 Å². The summed E-state index contributed by atoms with van der Waals surface area (Å²) in [5, 5.41) is 5.51. The SMILES string of the molecule is CSC1(C(=O)N[C@@H]2CC[C@@]3(S(=O)(=O)c4ccc(F)cc4)c4ccc(C(F)(C(F)(F)F)C(F)(F)F)cc4CCC[C@@H]23)CCC(=O)N1. The number of thioether (sulfide) groups is 1. The Morgan fingerprint density at radius 3 is 2.16 bits per heavy atom. The van der Waals surface area contributed by atoms with Crippen LogP contribution in [0.3, 0.4) is 0 Å². The largest absolute Gasteiger partial charge is 0.435 e. The highest BCUT2D eigenvalue weighted by atomic mass is 32.2. The molecule has 1 aliphatic heterocycles. The van der Waals surface area contributed by atoms with Crippen LogP contribution in [0.2, 0.25) is 0 Å². The summed E-state index contributed by atoms with van der Waals surface area (Å²) in [4.78, 5) is 23.8. The van der Waals surface area contributed by atoms with E-state index in [1.807, 2.05) is 0 Å². The van der Waals surface area contributed by atoms with Gasteiger partial charge in [0.15, 0.2) is 14.7 Å². The Kier molecular flexibility index (Phi) is 8.28. The number of hydrogen-bond acceptors (Lipinski definition) is 5. The summed E-state index contributed by atoms with van der Waals surface area (Å²) in [6.45, 7) is 0. The molecule has 0 radical (unpaired) electrons. The maximum absolute atomic E-state index is 15.1. The molecule has 0 bridgehead atoms. The number of benzene rings is 2. The van der Waals surface area contributed by atoms with E-state index in [2.05, 4.69) is 10.6 Å². The van der Waals surface area contributed by atoms with Crippen molar-refractivity contribution in [2.75, 3.05) is 6.26 Å². The van der Waals surface area contributed by atoms with Gasteiger partial charge in [-0.05, 0) is 80.2 Å². The van der Waals surface area contributed by atoms with Crippen molar-refractivity contribution in [3.63, 3.8) is 0 Å². The summed E-state index contributed by atoms with van der Waals surface area (Å²) in [6.07, 6.45) is -11.0. The zero-order chi connectivity index (χ0) is 33.2. The van der Waals surface area contributed by atoms with E-state index >= 15 is 4.39 Å². The summed E-state index contributed by atoms with van der Waals surface area (Å²) in [5.74, 6) is -2.59. The lowest BCUT2D eigenvalue weighted by Gasteiger charge is -2.38. The number of sulfone groups is 1. The van der Waals surface area contributed by atoms with Crippen molar-refractivity contribution in [3.8, 4) is 0 Å². The van der Waals surface area contributed by atoms with Gasteiger partial charge in [0.25, 0.3) is 5.91 Å². The predicted molar refractivity (Wildman–Crippen MR) is 148 cm³/mol. The molecule has 2 aromatic carbocycles. The third-order valence-electron chi connectivity index (χ3n) is 9.29. The highest BCUT2D eigenvalue weighted by Gasteiger charge is 2.73. The zero-order valence-electron chi connectivity index (χ0n) is 23.6. The molecule has 0 spiro atoms. The van der Waals surface area contributed by atoms with Crippen LogP contribution in [-0.2, 0) is 36.3 Å². The summed E-state index contributed by atoms with van der Waals surface area (Å²) in [5.41, 5.74) is -7.74. The van der Waals surface area contributed by atoms with Gasteiger partial charge in [-0.2, -0.15) is 26.3 Å². The van der Waals surface area contributed by atoms with Gasteiger partial charge in [0.1, 0.15) is 10.6 Å². The molecule has 2 amide bonds. The van der Waals surface area contributed by atoms with Crippen LogP contribution in [0.1, 0.15) is 55.2 Å². The summed E-state index contributed by atoms with van der Waals surface area (Å²) < 4.78 is 138. The minimum Gasteiger partial charge on any atom is -0.350 e. The van der Waals surface area contributed by atoms with Crippen LogP contribution < -0.4 is 10.6 Å². The number of nitrogens with one attached hydrogen (secondary N) is 2. The number of rotatable bonds is 6. The van der Waals surface area contributed by atoms with E-state index in [9.17, 15) is 48.7 Å². The minimum atomic E-state index is -6.36. The maximum atomic E-state index is 15.1. The molecule has 1 heterocycles. The Morgan fingerprint density at radius 2 is 1.60 bits per heavy atom. The Hall–Kier alpha value is -2.88. The fourth-order valence-corrected chi connectivity index (χ4v) is 10.3. The molecule has 5 rings (SSSR count). The first-order valence-corrected chi connectivity index (χ1v) is 16.7. The molecule has 3 aliphatic rings. The fourth-order valence-electron chi connectivity index (χ4n) is 7.09. The van der Waals surface area contributed by atoms with Gasteiger partial charge in [0.05, 0.1) is 4.90 Å². The predicted octanol–water partition coefficient (Wildman–Crippen LogP) is 5.98. The average Bonchev–Trinajstić information content (AvgIpc) is 3.48. The summed E-state index contributed by atoms with van der Waals surface area (Å²) in [7, 11) is -4.57. The minimum absolute atomic E-state index is 0.0502. The van der Waals surface area contributed by atoms with Crippen molar-refractivity contribution in [2.24, 2.45) is 5.92 Å². The second kappa shape index (κ2) is 11.1. The van der Waals surface area contributed by atoms with Crippen molar-refractivity contribution < 1.29 is 53.1 Å². The lowest BCUT2D eigenvalue weighted by molar-refractivity contribution is -0.348. The Balaban J connectivity index is 1.67. The number of carbonyl (C=O) groups is 2. The third-order valence-corrected chi connectivity index (χ3v) is 13.1. The van der Waals surface area contributed by atoms with Gasteiger partial charge >= 0.3 is 18.0 Å². The van der Waals surface area contributed by atoms with Crippen LogP contribution in [0.5, 0.6) is 0 Å². The molecular weight excluding hydrogens is 656 g/mol. The molecule has 2 aliphatic carbocycles. The topological polar surface area (TPSA) is 92.3 Å². The highest BCUT2D eigenvalue weighted by molar-refractivity contribution is 8.00. The van der Waals surface area contributed by atoms with Gasteiger partial charge in [0.2, 0.25) is 5.91 Å². The molecule has 16 heteroatoms. The van der Waals surface area contributed by atoms with Gasteiger partial charge in [0, 0.05) is 23.9 Å². The van der Waals surface area contributed by atoms with E-state index in [1.54, 1.807) is 6.26 Å². The molecule has 2 aromatic rings. The Morgan fingerprint density at radius 1 is 0.956 bits per heavy atom. The third kappa shape index (κ3) is 5.10. The number of hydrogen-bond donors (Lipinski definition) is 2. The highest BCUT2D eigenvalue weighted by Crippen LogP contribution is 2.58. The number of amides is 2. The van der Waals surface area contributed by atoms with Crippen molar-refractivity contribution in [2.45, 2.75) is 83.5 Å². The number of fused-ring (bicyclic) bond motifs is 3. The zero-order valence-corrected chi connectivity index (χ0v) is 25.3. The van der Waals surface area contributed by atoms with Crippen LogP contribution in [0.4, 0.5) is 35.1 Å². The van der Waals surface area contributed by atoms with E-state index in [4.69, 9.17) is 0 Å². The van der Waals surface area contributed by atoms with E-state index in [1.165, 1.54) is 0 Å². The molecule has 2 fully saturated rings. The maximum Gasteiger partial charge on any atom is 0.435 e. The van der Waals surface area contributed by atoms with Gasteiger partial charge in [-0.15, -0.1) is 11.8 Å². The van der Waals surface area contributed by atoms with E-state index in [0.717, 1.165) is 42.1 Å². The van der Waals surface area contributed by atoms with E-state index in [0.29, 0.717) is 12.1 Å². The number of halogens is 8. The molecule has 2 N–H and O–H groups in total. The van der Waals surface area contributed by atoms with Gasteiger partial charge in [-0.3, -0.25) is 9.59 Å². The smallest absolute Gasteiger partial charge is 0.350 e. The molecule has 45 heavy (non-hydrogen) atoms. The second-order valence-electron chi connectivity index (χ2n) is 11.6. The average molecular weight is 685 g/mol. The van der Waals surface area contributed by atoms with Crippen molar-refractivity contribution in [3.05, 3.63) is 65.0 Å². The van der Waals surface area contributed by atoms with Crippen LogP contribution in [0.25, 0.3) is 0 Å². The van der Waals surface area contributed by atoms with Crippen LogP contribution in [-0.4, -0.2) is 49.8 Å². The van der Waals surface area contributed by atoms with Crippen LogP contribution in [0.15, 0.2) is 47.4 Å². The lowest BCUT2D eigenvalue weighted by Crippen LogP contribution is -2.56. The molecule has 6 nitrogen and oxygen atoms in total. The molecule has 1 saturated heterocycles. The Bertz CT molecular complexity index is 1600. The molecule has 1 unspecified atom stereocenters. The fraction of sp³-hybridized carbons (Fsp3) is 0.517. The van der Waals surface area contributed by atoms with Crippen LogP contribution >= 0.6 is 11.8 Å². The first-order chi connectivity index (χ1) is 20.8. The summed E-state index contributed by atoms with van der Waals surface area (Å²) in [6, 6.07) is 4.56. The molecule has 4 atom stereocenters. The number of carbonyl (C=O) groups excluding carboxylic acids is 2. The molecule has 1 saturated carbocycles. The number of aryl methyl sites for hydroxylation is 1. The van der Waals surface area contributed by atoms with Crippen molar-refractivity contribution in [1.29, 1.82) is 0 Å². The first kappa shape index (κ1) is 33.5. The monoisotopic (exact) mass is 684 g/mol. The quantitative estimate of drug-likeness (QED) is 0.289. The van der Waals surface area contributed by atoms with Gasteiger partial charge in [-0.25, -0.2) is 17.2 Å². The summed E-state index contributed by atoms with van der Waals surface area (Å²) >= 11 is 1.09. The first-order valence-electron chi connectivity index (χ1n) is 14.0. The van der Waals surface area contributed by atoms with Crippen LogP contribution in [0, 0.1) is 11.7 Å². The van der Waals surface area contributed by atoms with Crippen molar-refractivity contribution in [1.82, 2.24) is 10.6 Å². The Labute approximate surface area is 257 Å². The second-order valence-corrected chi connectivity index (χ2v) is 14.9. The lowest BCUT2D eigenvalue weighted by atomic mass is 9.82. The van der Waals surface area contributed by atoms with Gasteiger partial charge in [-0.1, -0.05) is 18.2 Å².